The maximum Gasteiger partial charge on any atom is 0.140 e. The third-order valence-corrected chi connectivity index (χ3v) is 4.28. The van der Waals surface area contributed by atoms with Crippen LogP contribution in [0.1, 0.15) is 5.01 Å². The molecule has 0 bridgehead atoms. The summed E-state index contributed by atoms with van der Waals surface area (Å²) in [5.74, 6) is 1.60. The molecule has 0 atom stereocenters. The molecule has 0 aliphatic rings. The Balaban J connectivity index is 1.68. The van der Waals surface area contributed by atoms with Gasteiger partial charge in [0.2, 0.25) is 0 Å². The van der Waals surface area contributed by atoms with Crippen molar-refractivity contribution in [2.24, 2.45) is 0 Å². The molecule has 0 aliphatic carbocycles. The number of hydrogen-bond acceptors (Lipinski definition) is 4. The molecule has 0 unspecified atom stereocenters. The second-order valence-electron chi connectivity index (χ2n) is 4.57. The number of ether oxygens (including phenoxy) is 2. The monoisotopic (exact) mass is 331 g/mol. The van der Waals surface area contributed by atoms with Gasteiger partial charge in [-0.15, -0.1) is 11.3 Å². The van der Waals surface area contributed by atoms with Crippen molar-refractivity contribution in [3.05, 3.63) is 63.9 Å². The smallest absolute Gasteiger partial charge is 0.140 e. The average molecular weight is 332 g/mol. The highest BCUT2D eigenvalue weighted by molar-refractivity contribution is 7.09. The summed E-state index contributed by atoms with van der Waals surface area (Å²) in [6, 6.07) is 15.2. The van der Waals surface area contributed by atoms with Gasteiger partial charge in [0.05, 0.1) is 12.8 Å². The maximum absolute atomic E-state index is 6.19. The van der Waals surface area contributed by atoms with E-state index in [1.807, 2.05) is 53.9 Å². The molecule has 0 aliphatic heterocycles. The number of aromatic nitrogens is 1. The first-order valence-corrected chi connectivity index (χ1v) is 7.98. The van der Waals surface area contributed by atoms with Crippen LogP contribution in [-0.2, 0) is 6.61 Å². The van der Waals surface area contributed by atoms with E-state index in [0.717, 1.165) is 27.8 Å². The Morgan fingerprint density at radius 3 is 2.50 bits per heavy atom. The fraction of sp³-hybridized carbons (Fsp3) is 0.118. The molecule has 112 valence electrons. The average Bonchev–Trinajstić information content (AvgIpc) is 3.02. The summed E-state index contributed by atoms with van der Waals surface area (Å²) in [6.45, 7) is 0.432. The van der Waals surface area contributed by atoms with E-state index in [9.17, 15) is 0 Å². The van der Waals surface area contributed by atoms with E-state index in [4.69, 9.17) is 21.1 Å². The van der Waals surface area contributed by atoms with Gasteiger partial charge in [-0.2, -0.15) is 0 Å². The van der Waals surface area contributed by atoms with Crippen LogP contribution in [0.15, 0.2) is 53.9 Å². The standard InChI is InChI=1S/C17H14ClNO2S/c1-20-12-6-8-13(9-7-12)21-10-17-19-16(11-22-17)14-4-2-3-5-15(14)18/h2-9,11H,10H2,1H3. The van der Waals surface area contributed by atoms with Gasteiger partial charge in [0.1, 0.15) is 23.1 Å². The molecular weight excluding hydrogens is 318 g/mol. The molecule has 0 spiro atoms. The first-order valence-electron chi connectivity index (χ1n) is 6.72. The lowest BCUT2D eigenvalue weighted by Gasteiger charge is -2.05. The van der Waals surface area contributed by atoms with Crippen molar-refractivity contribution >= 4 is 22.9 Å². The second-order valence-corrected chi connectivity index (χ2v) is 5.92. The van der Waals surface area contributed by atoms with E-state index in [0.29, 0.717) is 11.6 Å². The molecule has 1 aromatic heterocycles. The number of thiazole rings is 1. The van der Waals surface area contributed by atoms with Gasteiger partial charge in [-0.3, -0.25) is 0 Å². The van der Waals surface area contributed by atoms with E-state index in [1.54, 1.807) is 18.4 Å². The third-order valence-electron chi connectivity index (χ3n) is 3.12. The van der Waals surface area contributed by atoms with Crippen molar-refractivity contribution in [2.75, 3.05) is 7.11 Å². The zero-order valence-corrected chi connectivity index (χ0v) is 13.5. The van der Waals surface area contributed by atoms with Crippen LogP contribution in [0.3, 0.4) is 0 Å². The molecule has 3 aromatic rings. The fourth-order valence-electron chi connectivity index (χ4n) is 1.99. The van der Waals surface area contributed by atoms with Crippen LogP contribution in [0.2, 0.25) is 5.02 Å². The molecular formula is C17H14ClNO2S. The quantitative estimate of drug-likeness (QED) is 0.655. The fourth-order valence-corrected chi connectivity index (χ4v) is 2.92. The normalized spacial score (nSPS) is 10.5. The topological polar surface area (TPSA) is 31.4 Å². The lowest BCUT2D eigenvalue weighted by atomic mass is 10.2. The largest absolute Gasteiger partial charge is 0.497 e. The third kappa shape index (κ3) is 3.40. The molecule has 2 aromatic carbocycles. The van der Waals surface area contributed by atoms with Gasteiger partial charge >= 0.3 is 0 Å². The molecule has 0 saturated heterocycles. The van der Waals surface area contributed by atoms with Gasteiger partial charge in [0.15, 0.2) is 0 Å². The van der Waals surface area contributed by atoms with Crippen LogP contribution in [0.25, 0.3) is 11.3 Å². The highest BCUT2D eigenvalue weighted by Gasteiger charge is 2.08. The van der Waals surface area contributed by atoms with Gasteiger partial charge in [-0.25, -0.2) is 4.98 Å². The molecule has 22 heavy (non-hydrogen) atoms. The summed E-state index contributed by atoms with van der Waals surface area (Å²) < 4.78 is 10.8. The predicted molar refractivity (Wildman–Crippen MR) is 89.9 cm³/mol. The van der Waals surface area contributed by atoms with Crippen molar-refractivity contribution in [3.8, 4) is 22.8 Å². The summed E-state index contributed by atoms with van der Waals surface area (Å²) in [5.41, 5.74) is 1.82. The van der Waals surface area contributed by atoms with Gasteiger partial charge in [-0.1, -0.05) is 29.8 Å². The number of hydrogen-bond donors (Lipinski definition) is 0. The van der Waals surface area contributed by atoms with E-state index in [2.05, 4.69) is 4.98 Å². The summed E-state index contributed by atoms with van der Waals surface area (Å²) >= 11 is 7.75. The Hall–Kier alpha value is -2.04. The number of methoxy groups -OCH3 is 1. The van der Waals surface area contributed by atoms with E-state index in [1.165, 1.54) is 0 Å². The summed E-state index contributed by atoms with van der Waals surface area (Å²) in [4.78, 5) is 4.57. The highest BCUT2D eigenvalue weighted by Crippen LogP contribution is 2.29. The molecule has 0 N–H and O–H groups in total. The molecule has 3 rings (SSSR count). The van der Waals surface area contributed by atoms with Crippen LogP contribution in [0, 0.1) is 0 Å². The first kappa shape index (κ1) is 14.9. The molecule has 0 fully saturated rings. The van der Waals surface area contributed by atoms with Gasteiger partial charge in [0, 0.05) is 16.0 Å². The molecule has 5 heteroatoms. The zero-order valence-electron chi connectivity index (χ0n) is 12.0. The first-order chi connectivity index (χ1) is 10.8. The highest BCUT2D eigenvalue weighted by atomic mass is 35.5. The molecule has 0 saturated carbocycles. The molecule has 1 heterocycles. The van der Waals surface area contributed by atoms with Gasteiger partial charge < -0.3 is 9.47 Å². The van der Waals surface area contributed by atoms with Crippen LogP contribution in [-0.4, -0.2) is 12.1 Å². The lowest BCUT2D eigenvalue weighted by molar-refractivity contribution is 0.305. The van der Waals surface area contributed by atoms with Crippen LogP contribution < -0.4 is 9.47 Å². The Morgan fingerprint density at radius 1 is 1.05 bits per heavy atom. The lowest BCUT2D eigenvalue weighted by Crippen LogP contribution is -1.95. The van der Waals surface area contributed by atoms with Crippen molar-refractivity contribution in [3.63, 3.8) is 0 Å². The molecule has 0 amide bonds. The summed E-state index contributed by atoms with van der Waals surface area (Å²) in [6.07, 6.45) is 0. The second kappa shape index (κ2) is 6.81. The minimum absolute atomic E-state index is 0.432. The Labute approximate surface area is 138 Å². The van der Waals surface area contributed by atoms with E-state index < -0.39 is 0 Å². The van der Waals surface area contributed by atoms with Crippen LogP contribution in [0.4, 0.5) is 0 Å². The number of rotatable bonds is 5. The van der Waals surface area contributed by atoms with Crippen molar-refractivity contribution in [2.45, 2.75) is 6.61 Å². The van der Waals surface area contributed by atoms with Gasteiger partial charge in [-0.05, 0) is 30.3 Å². The Morgan fingerprint density at radius 2 is 1.77 bits per heavy atom. The van der Waals surface area contributed by atoms with Crippen molar-refractivity contribution in [1.29, 1.82) is 0 Å². The Kier molecular flexibility index (Phi) is 4.61. The maximum atomic E-state index is 6.19. The summed E-state index contributed by atoms with van der Waals surface area (Å²) in [7, 11) is 1.64. The number of halogens is 1. The van der Waals surface area contributed by atoms with E-state index in [-0.39, 0.29) is 0 Å². The number of nitrogens with zero attached hydrogens (tertiary/aromatic N) is 1. The molecule has 0 radical (unpaired) electrons. The Bertz CT molecular complexity index is 755. The summed E-state index contributed by atoms with van der Waals surface area (Å²) in [5, 5.41) is 3.61. The molecule has 3 nitrogen and oxygen atoms in total. The predicted octanol–water partition coefficient (Wildman–Crippen LogP) is 5.05. The van der Waals surface area contributed by atoms with Gasteiger partial charge in [0.25, 0.3) is 0 Å². The van der Waals surface area contributed by atoms with Crippen molar-refractivity contribution < 1.29 is 9.47 Å². The number of benzene rings is 2. The van der Waals surface area contributed by atoms with E-state index >= 15 is 0 Å². The van der Waals surface area contributed by atoms with Crippen molar-refractivity contribution in [1.82, 2.24) is 4.98 Å². The van der Waals surface area contributed by atoms with Crippen LogP contribution in [0.5, 0.6) is 11.5 Å². The van der Waals surface area contributed by atoms with Crippen LogP contribution >= 0.6 is 22.9 Å². The minimum atomic E-state index is 0.432. The SMILES string of the molecule is COc1ccc(OCc2nc(-c3ccccc3Cl)cs2)cc1. The zero-order chi connectivity index (χ0) is 15.4. The minimum Gasteiger partial charge on any atom is -0.497 e.